The Balaban J connectivity index is 1.42. The fraction of sp³-hybridized carbons (Fsp3) is 0.667. The molecule has 1 amide bonds. The zero-order chi connectivity index (χ0) is 21.7. The third-order valence-corrected chi connectivity index (χ3v) is 8.49. The number of carbonyl (C=O) groups is 1. The van der Waals surface area contributed by atoms with Crippen LogP contribution in [0.15, 0.2) is 29.2 Å². The van der Waals surface area contributed by atoms with Gasteiger partial charge in [0.1, 0.15) is 0 Å². The van der Waals surface area contributed by atoms with E-state index in [1.54, 1.807) is 13.8 Å². The zero-order valence-electron chi connectivity index (χ0n) is 17.4. The maximum atomic E-state index is 12.9. The maximum Gasteiger partial charge on any atom is 0.270 e. The van der Waals surface area contributed by atoms with Gasteiger partial charge in [-0.05, 0) is 76.2 Å². The van der Waals surface area contributed by atoms with Gasteiger partial charge in [-0.2, -0.15) is 0 Å². The summed E-state index contributed by atoms with van der Waals surface area (Å²) in [5.74, 6) is 1.97. The summed E-state index contributed by atoms with van der Waals surface area (Å²) in [6.45, 7) is 3.31. The van der Waals surface area contributed by atoms with Crippen molar-refractivity contribution in [2.75, 3.05) is 0 Å². The molecule has 0 saturated heterocycles. The van der Waals surface area contributed by atoms with Gasteiger partial charge in [0.15, 0.2) is 0 Å². The van der Waals surface area contributed by atoms with E-state index >= 15 is 0 Å². The first-order valence-corrected chi connectivity index (χ1v) is 12.0. The van der Waals surface area contributed by atoms with Crippen LogP contribution in [-0.2, 0) is 14.8 Å². The molecule has 1 aromatic carbocycles. The summed E-state index contributed by atoms with van der Waals surface area (Å²) in [4.78, 5) is 23.0. The van der Waals surface area contributed by atoms with Gasteiger partial charge in [-0.3, -0.25) is 14.9 Å². The van der Waals surface area contributed by atoms with E-state index in [0.29, 0.717) is 17.8 Å². The number of benzene rings is 1. The van der Waals surface area contributed by atoms with Gasteiger partial charge in [0.25, 0.3) is 5.69 Å². The largest absolute Gasteiger partial charge is 0.351 e. The number of hydrogen-bond acceptors (Lipinski definition) is 5. The predicted molar refractivity (Wildman–Crippen MR) is 111 cm³/mol. The molecule has 4 saturated carbocycles. The molecule has 0 radical (unpaired) electrons. The SMILES string of the molecule is CC(C)(CC(=O)NC12CC3CC(CC(C3)C1)C2)NS(=O)(=O)c1cccc([N+](=O)[O-])c1. The number of sulfonamides is 1. The Morgan fingerprint density at radius 2 is 1.73 bits per heavy atom. The third-order valence-electron chi connectivity index (χ3n) is 6.79. The van der Waals surface area contributed by atoms with Crippen LogP contribution in [0.3, 0.4) is 0 Å². The van der Waals surface area contributed by atoms with Crippen molar-refractivity contribution in [3.63, 3.8) is 0 Å². The second-order valence-corrected chi connectivity index (χ2v) is 11.8. The van der Waals surface area contributed by atoms with Crippen molar-refractivity contribution in [1.82, 2.24) is 10.0 Å². The van der Waals surface area contributed by atoms with Gasteiger partial charge >= 0.3 is 0 Å². The number of non-ortho nitro benzene ring substituents is 1. The Morgan fingerprint density at radius 3 is 2.27 bits per heavy atom. The number of nitro groups is 1. The van der Waals surface area contributed by atoms with Crippen molar-refractivity contribution in [2.24, 2.45) is 17.8 Å². The molecule has 0 atom stereocenters. The number of amides is 1. The van der Waals surface area contributed by atoms with Gasteiger partial charge in [0.2, 0.25) is 15.9 Å². The molecule has 4 aliphatic carbocycles. The topological polar surface area (TPSA) is 118 Å². The molecule has 5 rings (SSSR count). The van der Waals surface area contributed by atoms with Gasteiger partial charge in [0, 0.05) is 29.6 Å². The monoisotopic (exact) mass is 435 g/mol. The first-order chi connectivity index (χ1) is 14.0. The number of hydrogen-bond donors (Lipinski definition) is 2. The molecular weight excluding hydrogens is 406 g/mol. The molecule has 1 aromatic rings. The van der Waals surface area contributed by atoms with E-state index < -0.39 is 20.5 Å². The Bertz CT molecular complexity index is 937. The summed E-state index contributed by atoms with van der Waals surface area (Å²) in [6.07, 6.45) is 6.94. The zero-order valence-corrected chi connectivity index (χ0v) is 18.2. The number of nitrogens with zero attached hydrogens (tertiary/aromatic N) is 1. The Kier molecular flexibility index (Phi) is 5.17. The van der Waals surface area contributed by atoms with Crippen LogP contribution in [0.4, 0.5) is 5.69 Å². The van der Waals surface area contributed by atoms with Crippen LogP contribution in [-0.4, -0.2) is 30.3 Å². The highest BCUT2D eigenvalue weighted by atomic mass is 32.2. The summed E-state index contributed by atoms with van der Waals surface area (Å²) < 4.78 is 28.0. The molecule has 30 heavy (non-hydrogen) atoms. The quantitative estimate of drug-likeness (QED) is 0.504. The second kappa shape index (κ2) is 7.30. The minimum atomic E-state index is -4.01. The Morgan fingerprint density at radius 1 is 1.17 bits per heavy atom. The van der Waals surface area contributed by atoms with Crippen molar-refractivity contribution >= 4 is 21.6 Å². The maximum absolute atomic E-state index is 12.9. The lowest BCUT2D eigenvalue weighted by Gasteiger charge is -2.57. The van der Waals surface area contributed by atoms with Crippen LogP contribution in [0.5, 0.6) is 0 Å². The molecule has 4 bridgehead atoms. The van der Waals surface area contributed by atoms with Crippen LogP contribution < -0.4 is 10.0 Å². The highest BCUT2D eigenvalue weighted by Gasteiger charge is 2.51. The van der Waals surface area contributed by atoms with E-state index in [1.165, 1.54) is 37.5 Å². The lowest BCUT2D eigenvalue weighted by atomic mass is 9.53. The van der Waals surface area contributed by atoms with Crippen molar-refractivity contribution in [1.29, 1.82) is 0 Å². The molecule has 0 heterocycles. The second-order valence-electron chi connectivity index (χ2n) is 10.2. The van der Waals surface area contributed by atoms with E-state index in [9.17, 15) is 23.3 Å². The lowest BCUT2D eigenvalue weighted by molar-refractivity contribution is -0.385. The summed E-state index contributed by atoms with van der Waals surface area (Å²) in [5, 5.41) is 14.2. The first kappa shape index (κ1) is 21.2. The van der Waals surface area contributed by atoms with E-state index in [2.05, 4.69) is 10.0 Å². The number of nitro benzene ring substituents is 1. The fourth-order valence-corrected chi connectivity index (χ4v) is 7.68. The van der Waals surface area contributed by atoms with Crippen molar-refractivity contribution in [3.8, 4) is 0 Å². The molecule has 0 aliphatic heterocycles. The molecule has 8 nitrogen and oxygen atoms in total. The van der Waals surface area contributed by atoms with Crippen LogP contribution >= 0.6 is 0 Å². The minimum Gasteiger partial charge on any atom is -0.351 e. The number of rotatable bonds is 7. The molecule has 4 aliphatic rings. The molecule has 0 aromatic heterocycles. The van der Waals surface area contributed by atoms with Gasteiger partial charge in [0.05, 0.1) is 9.82 Å². The van der Waals surface area contributed by atoms with Gasteiger partial charge in [-0.1, -0.05) is 6.07 Å². The highest BCUT2D eigenvalue weighted by Crippen LogP contribution is 2.55. The number of nitrogens with one attached hydrogen (secondary N) is 2. The molecule has 0 spiro atoms. The standard InChI is InChI=1S/C21H29N3O5S/c1-20(2,23-30(28,29)18-5-3-4-17(9-18)24(26)27)13-19(25)22-21-10-14-6-15(11-21)8-16(7-14)12-21/h3-5,9,14-16,23H,6-8,10-13H2,1-2H3,(H,22,25). The number of carbonyl (C=O) groups excluding carboxylic acids is 1. The molecular formula is C21H29N3O5S. The van der Waals surface area contributed by atoms with Crippen LogP contribution in [0.1, 0.15) is 58.8 Å². The van der Waals surface area contributed by atoms with E-state index in [4.69, 9.17) is 0 Å². The van der Waals surface area contributed by atoms with Crippen molar-refractivity contribution < 1.29 is 18.1 Å². The van der Waals surface area contributed by atoms with Gasteiger partial charge < -0.3 is 5.32 Å². The van der Waals surface area contributed by atoms with Crippen LogP contribution in [0.2, 0.25) is 0 Å². The fourth-order valence-electron chi connectivity index (χ4n) is 6.23. The summed E-state index contributed by atoms with van der Waals surface area (Å²) in [5.41, 5.74) is -1.45. The Hall–Kier alpha value is -2.00. The molecule has 164 valence electrons. The highest BCUT2D eigenvalue weighted by molar-refractivity contribution is 7.89. The minimum absolute atomic E-state index is 0.00288. The summed E-state index contributed by atoms with van der Waals surface area (Å²) in [6, 6.07) is 4.90. The summed E-state index contributed by atoms with van der Waals surface area (Å²) >= 11 is 0. The molecule has 0 unspecified atom stereocenters. The molecule has 4 fully saturated rings. The smallest absolute Gasteiger partial charge is 0.270 e. The van der Waals surface area contributed by atoms with Crippen LogP contribution in [0, 0.1) is 27.9 Å². The summed E-state index contributed by atoms with van der Waals surface area (Å²) in [7, 11) is -4.01. The van der Waals surface area contributed by atoms with Crippen LogP contribution in [0.25, 0.3) is 0 Å². The van der Waals surface area contributed by atoms with E-state index in [1.807, 2.05) is 0 Å². The average molecular weight is 436 g/mol. The van der Waals surface area contributed by atoms with E-state index in [0.717, 1.165) is 25.3 Å². The van der Waals surface area contributed by atoms with E-state index in [-0.39, 0.29) is 28.4 Å². The third kappa shape index (κ3) is 4.37. The van der Waals surface area contributed by atoms with Gasteiger partial charge in [-0.15, -0.1) is 0 Å². The molecule has 9 heteroatoms. The predicted octanol–water partition coefficient (Wildman–Crippen LogP) is 3.13. The normalized spacial score (nSPS) is 30.3. The Labute approximate surface area is 177 Å². The van der Waals surface area contributed by atoms with Crippen molar-refractivity contribution in [2.45, 2.75) is 74.8 Å². The molecule has 2 N–H and O–H groups in total. The van der Waals surface area contributed by atoms with Crippen molar-refractivity contribution in [3.05, 3.63) is 34.4 Å². The van der Waals surface area contributed by atoms with Gasteiger partial charge in [-0.25, -0.2) is 13.1 Å². The average Bonchev–Trinajstić information content (AvgIpc) is 2.58. The first-order valence-electron chi connectivity index (χ1n) is 10.5. The lowest BCUT2D eigenvalue weighted by Crippen LogP contribution is -2.60.